The Balaban J connectivity index is 2.16. The molecule has 2 unspecified atom stereocenters. The van der Waals surface area contributed by atoms with Crippen LogP contribution in [0.1, 0.15) is 58.1 Å². The Hall–Kier alpha value is -1.22. The third-order valence-corrected chi connectivity index (χ3v) is 3.91. The molecule has 3 heteroatoms. The lowest BCUT2D eigenvalue weighted by molar-refractivity contribution is 0.0499. The number of rotatable bonds is 5. The summed E-state index contributed by atoms with van der Waals surface area (Å²) in [5.74, 6) is 1.76. The molecular formula is C16H25NO2. The first-order chi connectivity index (χ1) is 9.08. The van der Waals surface area contributed by atoms with Crippen LogP contribution in [0.5, 0.6) is 11.5 Å². The van der Waals surface area contributed by atoms with E-state index in [4.69, 9.17) is 15.2 Å². The molecule has 0 spiro atoms. The number of hydrogen-bond acceptors (Lipinski definition) is 3. The Morgan fingerprint density at radius 2 is 2.21 bits per heavy atom. The molecule has 0 aliphatic carbocycles. The molecular weight excluding hydrogens is 238 g/mol. The highest BCUT2D eigenvalue weighted by molar-refractivity contribution is 5.44. The minimum atomic E-state index is -0.158. The van der Waals surface area contributed by atoms with E-state index in [9.17, 15) is 0 Å². The van der Waals surface area contributed by atoms with Crippen LogP contribution in [0.15, 0.2) is 18.2 Å². The first-order valence-electron chi connectivity index (χ1n) is 7.29. The topological polar surface area (TPSA) is 44.5 Å². The summed E-state index contributed by atoms with van der Waals surface area (Å²) in [6.07, 6.45) is 4.04. The van der Waals surface area contributed by atoms with Crippen LogP contribution >= 0.6 is 0 Å². The van der Waals surface area contributed by atoms with E-state index in [1.807, 2.05) is 18.2 Å². The summed E-state index contributed by atoms with van der Waals surface area (Å²) in [7, 11) is 0. The second-order valence-corrected chi connectivity index (χ2v) is 5.62. The normalized spacial score (nSPS) is 25.6. The maximum atomic E-state index is 6.25. The number of unbranched alkanes of at least 4 members (excludes halogenated alkanes) is 1. The van der Waals surface area contributed by atoms with Gasteiger partial charge in [-0.05, 0) is 25.8 Å². The van der Waals surface area contributed by atoms with Crippen molar-refractivity contribution in [1.82, 2.24) is 0 Å². The lowest BCUT2D eigenvalue weighted by Gasteiger charge is -2.38. The fourth-order valence-corrected chi connectivity index (χ4v) is 2.43. The van der Waals surface area contributed by atoms with Gasteiger partial charge in [-0.2, -0.15) is 0 Å². The SMILES string of the molecule is CCCCOc1ccc2c(c1)OC(C)(CC)CC2N. The van der Waals surface area contributed by atoms with Crippen molar-refractivity contribution < 1.29 is 9.47 Å². The third kappa shape index (κ3) is 3.21. The van der Waals surface area contributed by atoms with Crippen molar-refractivity contribution in [3.05, 3.63) is 23.8 Å². The fraction of sp³-hybridized carbons (Fsp3) is 0.625. The minimum absolute atomic E-state index is 0.0541. The first kappa shape index (κ1) is 14.2. The van der Waals surface area contributed by atoms with Gasteiger partial charge in [0, 0.05) is 24.1 Å². The second-order valence-electron chi connectivity index (χ2n) is 5.62. The Morgan fingerprint density at radius 1 is 1.42 bits per heavy atom. The van der Waals surface area contributed by atoms with Crippen molar-refractivity contribution in [1.29, 1.82) is 0 Å². The van der Waals surface area contributed by atoms with Crippen LogP contribution in [0.2, 0.25) is 0 Å². The van der Waals surface area contributed by atoms with E-state index in [0.717, 1.165) is 49.4 Å². The molecule has 19 heavy (non-hydrogen) atoms. The molecule has 1 aromatic rings. The lowest BCUT2D eigenvalue weighted by Crippen LogP contribution is -2.39. The summed E-state index contributed by atoms with van der Waals surface area (Å²) in [4.78, 5) is 0. The van der Waals surface area contributed by atoms with Crippen LogP contribution in [0, 0.1) is 0 Å². The predicted molar refractivity (Wildman–Crippen MR) is 77.7 cm³/mol. The molecule has 0 radical (unpaired) electrons. The van der Waals surface area contributed by atoms with Gasteiger partial charge in [0.2, 0.25) is 0 Å². The summed E-state index contributed by atoms with van der Waals surface area (Å²) in [6.45, 7) is 7.18. The van der Waals surface area contributed by atoms with E-state index >= 15 is 0 Å². The standard InChI is InChI=1S/C16H25NO2/c1-4-6-9-18-12-7-8-13-14(17)11-16(3,5-2)19-15(13)10-12/h7-8,10,14H,4-6,9,11,17H2,1-3H3. The van der Waals surface area contributed by atoms with E-state index in [0.29, 0.717) is 0 Å². The highest BCUT2D eigenvalue weighted by Gasteiger charge is 2.34. The Morgan fingerprint density at radius 3 is 2.89 bits per heavy atom. The number of benzene rings is 1. The van der Waals surface area contributed by atoms with Gasteiger partial charge in [-0.1, -0.05) is 26.3 Å². The molecule has 3 nitrogen and oxygen atoms in total. The first-order valence-corrected chi connectivity index (χ1v) is 7.29. The third-order valence-electron chi connectivity index (χ3n) is 3.91. The molecule has 0 aromatic heterocycles. The fourth-order valence-electron chi connectivity index (χ4n) is 2.43. The number of nitrogens with two attached hydrogens (primary N) is 1. The molecule has 0 bridgehead atoms. The quantitative estimate of drug-likeness (QED) is 0.821. The largest absolute Gasteiger partial charge is 0.493 e. The molecule has 106 valence electrons. The minimum Gasteiger partial charge on any atom is -0.493 e. The molecule has 2 rings (SSSR count). The maximum absolute atomic E-state index is 6.25. The Kier molecular flexibility index (Phi) is 4.35. The van der Waals surface area contributed by atoms with Crippen molar-refractivity contribution in [2.45, 2.75) is 58.1 Å². The smallest absolute Gasteiger partial charge is 0.128 e. The number of fused-ring (bicyclic) bond motifs is 1. The van der Waals surface area contributed by atoms with Crippen molar-refractivity contribution >= 4 is 0 Å². The van der Waals surface area contributed by atoms with Crippen molar-refractivity contribution in [3.63, 3.8) is 0 Å². The molecule has 1 aliphatic heterocycles. The molecule has 0 saturated heterocycles. The van der Waals surface area contributed by atoms with Gasteiger partial charge < -0.3 is 15.2 Å². The van der Waals surface area contributed by atoms with Crippen LogP contribution in [0.25, 0.3) is 0 Å². The molecule has 1 aromatic carbocycles. The van der Waals surface area contributed by atoms with Gasteiger partial charge in [-0.15, -0.1) is 0 Å². The Labute approximate surface area is 116 Å². The molecule has 0 amide bonds. The van der Waals surface area contributed by atoms with Crippen LogP contribution in [0.3, 0.4) is 0 Å². The average molecular weight is 263 g/mol. The van der Waals surface area contributed by atoms with Gasteiger partial charge >= 0.3 is 0 Å². The van der Waals surface area contributed by atoms with E-state index in [2.05, 4.69) is 20.8 Å². The molecule has 1 heterocycles. The highest BCUT2D eigenvalue weighted by Crippen LogP contribution is 2.41. The monoisotopic (exact) mass is 263 g/mol. The molecule has 0 fully saturated rings. The number of ether oxygens (including phenoxy) is 2. The van der Waals surface area contributed by atoms with Gasteiger partial charge in [0.05, 0.1) is 6.61 Å². The van der Waals surface area contributed by atoms with E-state index < -0.39 is 0 Å². The van der Waals surface area contributed by atoms with Crippen LogP contribution in [-0.4, -0.2) is 12.2 Å². The van der Waals surface area contributed by atoms with Crippen molar-refractivity contribution in [3.8, 4) is 11.5 Å². The average Bonchev–Trinajstić information content (AvgIpc) is 2.38. The summed E-state index contributed by atoms with van der Waals surface area (Å²) in [5.41, 5.74) is 7.18. The van der Waals surface area contributed by atoms with E-state index in [1.54, 1.807) is 0 Å². The Bertz CT molecular complexity index is 433. The summed E-state index contributed by atoms with van der Waals surface area (Å²) >= 11 is 0. The predicted octanol–water partition coefficient (Wildman–Crippen LogP) is 3.82. The van der Waals surface area contributed by atoms with Gasteiger partial charge in [0.25, 0.3) is 0 Å². The number of hydrogen-bond donors (Lipinski definition) is 1. The van der Waals surface area contributed by atoms with Gasteiger partial charge in [-0.25, -0.2) is 0 Å². The second kappa shape index (κ2) is 5.83. The van der Waals surface area contributed by atoms with Gasteiger partial charge in [0.1, 0.15) is 17.1 Å². The van der Waals surface area contributed by atoms with Crippen LogP contribution in [0.4, 0.5) is 0 Å². The lowest BCUT2D eigenvalue weighted by atomic mass is 9.87. The van der Waals surface area contributed by atoms with Crippen molar-refractivity contribution in [2.75, 3.05) is 6.61 Å². The zero-order valence-electron chi connectivity index (χ0n) is 12.2. The molecule has 0 saturated carbocycles. The van der Waals surface area contributed by atoms with Gasteiger partial charge in [0.15, 0.2) is 0 Å². The summed E-state index contributed by atoms with van der Waals surface area (Å²) in [5, 5.41) is 0. The zero-order chi connectivity index (χ0) is 13.9. The molecule has 2 atom stereocenters. The van der Waals surface area contributed by atoms with E-state index in [-0.39, 0.29) is 11.6 Å². The van der Waals surface area contributed by atoms with Crippen LogP contribution in [-0.2, 0) is 0 Å². The molecule has 2 N–H and O–H groups in total. The summed E-state index contributed by atoms with van der Waals surface area (Å²) in [6, 6.07) is 6.07. The van der Waals surface area contributed by atoms with Crippen LogP contribution < -0.4 is 15.2 Å². The van der Waals surface area contributed by atoms with Gasteiger partial charge in [-0.3, -0.25) is 0 Å². The maximum Gasteiger partial charge on any atom is 0.128 e. The van der Waals surface area contributed by atoms with E-state index in [1.165, 1.54) is 0 Å². The highest BCUT2D eigenvalue weighted by atomic mass is 16.5. The molecule has 1 aliphatic rings. The summed E-state index contributed by atoms with van der Waals surface area (Å²) < 4.78 is 11.9. The zero-order valence-corrected chi connectivity index (χ0v) is 12.2. The van der Waals surface area contributed by atoms with Crippen molar-refractivity contribution in [2.24, 2.45) is 5.73 Å².